The summed E-state index contributed by atoms with van der Waals surface area (Å²) in [5.74, 6) is 0.798. The third-order valence-electron chi connectivity index (χ3n) is 4.21. The zero-order chi connectivity index (χ0) is 18.5. The first-order valence-electron chi connectivity index (χ1n) is 8.45. The van der Waals surface area contributed by atoms with Gasteiger partial charge in [-0.15, -0.1) is 0 Å². The van der Waals surface area contributed by atoms with Crippen LogP contribution in [0.3, 0.4) is 0 Å². The molecule has 0 spiro atoms. The van der Waals surface area contributed by atoms with Crippen molar-refractivity contribution in [2.24, 2.45) is 0 Å². The molecule has 1 N–H and O–H groups in total. The van der Waals surface area contributed by atoms with Gasteiger partial charge in [-0.1, -0.05) is 40.9 Å². The first-order chi connectivity index (χ1) is 12.5. The van der Waals surface area contributed by atoms with Gasteiger partial charge in [-0.2, -0.15) is 0 Å². The van der Waals surface area contributed by atoms with E-state index in [9.17, 15) is 4.79 Å². The third-order valence-corrected chi connectivity index (χ3v) is 5.11. The van der Waals surface area contributed by atoms with E-state index < -0.39 is 0 Å². The summed E-state index contributed by atoms with van der Waals surface area (Å²) >= 11 is 18.6. The average Bonchev–Trinajstić information content (AvgIpc) is 3.00. The lowest BCUT2D eigenvalue weighted by molar-refractivity contribution is -0.116. The molecular formula is C18H19Cl3N4O. The van der Waals surface area contributed by atoms with Crippen LogP contribution in [0, 0.1) is 0 Å². The van der Waals surface area contributed by atoms with Crippen LogP contribution in [0.2, 0.25) is 15.2 Å². The lowest BCUT2D eigenvalue weighted by Gasteiger charge is -2.14. The molecule has 2 aromatic rings. The van der Waals surface area contributed by atoms with Crippen molar-refractivity contribution in [2.75, 3.05) is 31.5 Å². The normalized spacial score (nSPS) is 14.8. The molecule has 3 rings (SSSR count). The highest BCUT2D eigenvalue weighted by Crippen LogP contribution is 2.27. The van der Waals surface area contributed by atoms with Gasteiger partial charge in [0.15, 0.2) is 0 Å². The van der Waals surface area contributed by atoms with Gasteiger partial charge in [0.25, 0.3) is 0 Å². The smallest absolute Gasteiger partial charge is 0.224 e. The van der Waals surface area contributed by atoms with Crippen LogP contribution in [0.5, 0.6) is 0 Å². The molecule has 1 aliphatic rings. The summed E-state index contributed by atoms with van der Waals surface area (Å²) in [6, 6.07) is 7.12. The van der Waals surface area contributed by atoms with Gasteiger partial charge in [0.2, 0.25) is 5.95 Å². The number of anilines is 1. The summed E-state index contributed by atoms with van der Waals surface area (Å²) in [5.41, 5.74) is 1.56. The second-order valence-corrected chi connectivity index (χ2v) is 7.43. The maximum atomic E-state index is 11.3. The Morgan fingerprint density at radius 3 is 2.62 bits per heavy atom. The fourth-order valence-electron chi connectivity index (χ4n) is 2.90. The monoisotopic (exact) mass is 412 g/mol. The van der Waals surface area contributed by atoms with Gasteiger partial charge in [-0.05, 0) is 30.2 Å². The number of rotatable bonds is 7. The highest BCUT2D eigenvalue weighted by Gasteiger charge is 2.18. The predicted molar refractivity (Wildman–Crippen MR) is 105 cm³/mol. The van der Waals surface area contributed by atoms with Crippen molar-refractivity contribution in [1.82, 2.24) is 14.9 Å². The molecular weight excluding hydrogens is 395 g/mol. The van der Waals surface area contributed by atoms with Crippen LogP contribution in [-0.4, -0.2) is 46.8 Å². The van der Waals surface area contributed by atoms with Crippen molar-refractivity contribution < 1.29 is 4.79 Å². The predicted octanol–water partition coefficient (Wildman–Crippen LogP) is 4.10. The van der Waals surface area contributed by atoms with Crippen molar-refractivity contribution in [3.8, 4) is 0 Å². The highest BCUT2D eigenvalue weighted by atomic mass is 35.5. The van der Waals surface area contributed by atoms with E-state index in [4.69, 9.17) is 34.8 Å². The molecule has 0 aliphatic carbocycles. The number of nitrogens with one attached hydrogen (secondary N) is 1. The molecule has 1 aromatic carbocycles. The van der Waals surface area contributed by atoms with Gasteiger partial charge < -0.3 is 5.32 Å². The molecule has 1 aliphatic heterocycles. The molecule has 0 bridgehead atoms. The summed E-state index contributed by atoms with van der Waals surface area (Å²) in [4.78, 5) is 22.1. The molecule has 1 fully saturated rings. The largest absolute Gasteiger partial charge is 0.354 e. The second kappa shape index (κ2) is 9.00. The number of hydrogen-bond donors (Lipinski definition) is 1. The Labute approximate surface area is 167 Å². The molecule has 1 aromatic heterocycles. The van der Waals surface area contributed by atoms with Crippen LogP contribution in [-0.2, 0) is 11.2 Å². The number of aromatic nitrogens is 2. The van der Waals surface area contributed by atoms with E-state index >= 15 is 0 Å². The van der Waals surface area contributed by atoms with Gasteiger partial charge in [-0.25, -0.2) is 9.97 Å². The number of nitrogens with zero attached hydrogens (tertiary/aromatic N) is 3. The molecule has 2 heterocycles. The molecule has 8 heteroatoms. The second-order valence-electron chi connectivity index (χ2n) is 6.23. The van der Waals surface area contributed by atoms with E-state index in [0.717, 1.165) is 30.8 Å². The summed E-state index contributed by atoms with van der Waals surface area (Å²) in [5, 5.41) is 4.76. The lowest BCUT2D eigenvalue weighted by atomic mass is 10.1. The topological polar surface area (TPSA) is 58.1 Å². The first kappa shape index (κ1) is 19.4. The van der Waals surface area contributed by atoms with Crippen LogP contribution in [0.4, 0.5) is 5.95 Å². The average molecular weight is 414 g/mol. The minimum Gasteiger partial charge on any atom is -0.354 e. The SMILES string of the molecule is O=C1CCN(CCCNc2nc(Cl)cc(Cc3c(Cl)cccc3Cl)n2)C1. The maximum absolute atomic E-state index is 11.3. The molecule has 0 radical (unpaired) electrons. The fourth-order valence-corrected chi connectivity index (χ4v) is 3.64. The van der Waals surface area contributed by atoms with Gasteiger partial charge in [0, 0.05) is 42.5 Å². The summed E-state index contributed by atoms with van der Waals surface area (Å²) in [7, 11) is 0. The number of halogens is 3. The number of Topliss-reactive ketones (excluding diaryl/α,β-unsaturated/α-hetero) is 1. The van der Waals surface area contributed by atoms with Crippen LogP contribution >= 0.6 is 34.8 Å². The van der Waals surface area contributed by atoms with Crippen LogP contribution < -0.4 is 5.32 Å². The number of benzene rings is 1. The first-order valence-corrected chi connectivity index (χ1v) is 9.59. The van der Waals surface area contributed by atoms with Gasteiger partial charge in [0.05, 0.1) is 12.2 Å². The Bertz CT molecular complexity index is 780. The Balaban J connectivity index is 1.58. The van der Waals surface area contributed by atoms with E-state index in [2.05, 4.69) is 20.2 Å². The van der Waals surface area contributed by atoms with Crippen LogP contribution in [0.1, 0.15) is 24.1 Å². The van der Waals surface area contributed by atoms with Gasteiger partial charge in [-0.3, -0.25) is 9.69 Å². The zero-order valence-electron chi connectivity index (χ0n) is 14.1. The standard InChI is InChI=1S/C18H19Cl3N4O/c19-15-3-1-4-16(20)14(15)9-12-10-17(21)24-18(23-12)22-6-2-7-25-8-5-13(26)11-25/h1,3-4,10H,2,5-9,11H2,(H,22,23,24). The minimum absolute atomic E-state index is 0.319. The van der Waals surface area contributed by atoms with Crippen molar-refractivity contribution in [1.29, 1.82) is 0 Å². The van der Waals surface area contributed by atoms with Crippen LogP contribution in [0.25, 0.3) is 0 Å². The van der Waals surface area contributed by atoms with Gasteiger partial charge >= 0.3 is 0 Å². The Morgan fingerprint density at radius 1 is 1.15 bits per heavy atom. The van der Waals surface area contributed by atoms with E-state index in [1.807, 2.05) is 6.07 Å². The number of likely N-dealkylation sites (tertiary alicyclic amines) is 1. The molecule has 5 nitrogen and oxygen atoms in total. The Hall–Kier alpha value is -1.40. The molecule has 0 amide bonds. The van der Waals surface area contributed by atoms with Crippen molar-refractivity contribution >= 4 is 46.5 Å². The van der Waals surface area contributed by atoms with Crippen LogP contribution in [0.15, 0.2) is 24.3 Å². The Kier molecular flexibility index (Phi) is 6.70. The molecule has 26 heavy (non-hydrogen) atoms. The number of hydrogen-bond acceptors (Lipinski definition) is 5. The summed E-state index contributed by atoms with van der Waals surface area (Å²) < 4.78 is 0. The number of ketones is 1. The Morgan fingerprint density at radius 2 is 1.92 bits per heavy atom. The summed E-state index contributed by atoms with van der Waals surface area (Å²) in [6.45, 7) is 3.00. The van der Waals surface area contributed by atoms with E-state index in [1.54, 1.807) is 18.2 Å². The highest BCUT2D eigenvalue weighted by molar-refractivity contribution is 6.36. The number of carbonyl (C=O) groups excluding carboxylic acids is 1. The van der Waals surface area contributed by atoms with Crippen molar-refractivity contribution in [3.05, 3.63) is 50.7 Å². The minimum atomic E-state index is 0.319. The zero-order valence-corrected chi connectivity index (χ0v) is 16.4. The third kappa shape index (κ3) is 5.30. The van der Waals surface area contributed by atoms with E-state index in [1.165, 1.54) is 0 Å². The quantitative estimate of drug-likeness (QED) is 0.547. The van der Waals surface area contributed by atoms with Crippen molar-refractivity contribution in [2.45, 2.75) is 19.3 Å². The lowest BCUT2D eigenvalue weighted by Crippen LogP contribution is -2.23. The van der Waals surface area contributed by atoms with E-state index in [0.29, 0.717) is 52.9 Å². The molecule has 0 atom stereocenters. The molecule has 1 saturated heterocycles. The molecule has 0 saturated carbocycles. The van der Waals surface area contributed by atoms with Crippen molar-refractivity contribution in [3.63, 3.8) is 0 Å². The number of carbonyl (C=O) groups is 1. The van der Waals surface area contributed by atoms with Gasteiger partial charge in [0.1, 0.15) is 10.9 Å². The fraction of sp³-hybridized carbons (Fsp3) is 0.389. The van der Waals surface area contributed by atoms with E-state index in [-0.39, 0.29) is 0 Å². The maximum Gasteiger partial charge on any atom is 0.224 e. The molecule has 138 valence electrons. The molecule has 0 unspecified atom stereocenters. The summed E-state index contributed by atoms with van der Waals surface area (Å²) in [6.07, 6.45) is 2.04.